The van der Waals surface area contributed by atoms with Crippen LogP contribution in [0.3, 0.4) is 0 Å². The topological polar surface area (TPSA) is 84.0 Å². The van der Waals surface area contributed by atoms with Gasteiger partial charge in [-0.15, -0.1) is 16.4 Å². The predicted octanol–water partition coefficient (Wildman–Crippen LogP) is 0.983. The van der Waals surface area contributed by atoms with Gasteiger partial charge in [-0.3, -0.25) is 20.4 Å². The van der Waals surface area contributed by atoms with Crippen molar-refractivity contribution in [1.29, 1.82) is 0 Å². The second-order valence-electron chi connectivity index (χ2n) is 3.07. The number of hydrogen-bond acceptors (Lipinski definition) is 6. The van der Waals surface area contributed by atoms with Gasteiger partial charge < -0.3 is 0 Å². The summed E-state index contributed by atoms with van der Waals surface area (Å²) in [6, 6.07) is 3.43. The second kappa shape index (κ2) is 5.02. The van der Waals surface area contributed by atoms with Gasteiger partial charge >= 0.3 is 0 Å². The van der Waals surface area contributed by atoms with Crippen LogP contribution in [0.2, 0.25) is 0 Å². The molecule has 0 aliphatic heterocycles. The number of amides is 2. The molecule has 0 saturated carbocycles. The fourth-order valence-corrected chi connectivity index (χ4v) is 2.25. The molecule has 2 rings (SSSR count). The molecule has 0 atom stereocenters. The quantitative estimate of drug-likeness (QED) is 0.795. The number of hydrogen-bond donors (Lipinski definition) is 2. The average molecular weight is 268 g/mol. The van der Waals surface area contributed by atoms with Crippen LogP contribution in [0, 0.1) is 6.92 Å². The number of rotatable bonds is 2. The van der Waals surface area contributed by atoms with E-state index in [-0.39, 0.29) is 5.91 Å². The SMILES string of the molecule is Cc1nnsc1C(=O)NNC(=O)c1cccs1. The lowest BCUT2D eigenvalue weighted by molar-refractivity contribution is 0.0850. The molecule has 0 aromatic carbocycles. The Labute approximate surface area is 105 Å². The summed E-state index contributed by atoms with van der Waals surface area (Å²) in [6.07, 6.45) is 0. The van der Waals surface area contributed by atoms with E-state index >= 15 is 0 Å². The summed E-state index contributed by atoms with van der Waals surface area (Å²) in [5, 5.41) is 5.50. The molecular formula is C9H8N4O2S2. The van der Waals surface area contributed by atoms with Crippen molar-refractivity contribution in [3.8, 4) is 0 Å². The van der Waals surface area contributed by atoms with Crippen molar-refractivity contribution < 1.29 is 9.59 Å². The van der Waals surface area contributed by atoms with Crippen molar-refractivity contribution in [3.63, 3.8) is 0 Å². The molecule has 0 aliphatic rings. The van der Waals surface area contributed by atoms with E-state index in [1.165, 1.54) is 11.3 Å². The van der Waals surface area contributed by atoms with Gasteiger partial charge in [-0.05, 0) is 29.9 Å². The highest BCUT2D eigenvalue weighted by atomic mass is 32.1. The Balaban J connectivity index is 1.93. The van der Waals surface area contributed by atoms with Crippen molar-refractivity contribution in [2.45, 2.75) is 6.92 Å². The van der Waals surface area contributed by atoms with E-state index in [0.717, 1.165) is 11.5 Å². The molecule has 0 unspecified atom stereocenters. The summed E-state index contributed by atoms with van der Waals surface area (Å²) in [5.74, 6) is -0.758. The molecule has 2 N–H and O–H groups in total. The van der Waals surface area contributed by atoms with Crippen molar-refractivity contribution in [3.05, 3.63) is 33.0 Å². The summed E-state index contributed by atoms with van der Waals surface area (Å²) < 4.78 is 3.64. The van der Waals surface area contributed by atoms with Crippen molar-refractivity contribution in [2.24, 2.45) is 0 Å². The fraction of sp³-hybridized carbons (Fsp3) is 0.111. The van der Waals surface area contributed by atoms with Gasteiger partial charge in [-0.25, -0.2) is 0 Å². The largest absolute Gasteiger partial charge is 0.283 e. The maximum atomic E-state index is 11.6. The van der Waals surface area contributed by atoms with Crippen molar-refractivity contribution >= 4 is 34.7 Å². The van der Waals surface area contributed by atoms with Crippen molar-refractivity contribution in [2.75, 3.05) is 0 Å². The Hall–Kier alpha value is -1.80. The van der Waals surface area contributed by atoms with Gasteiger partial charge in [0, 0.05) is 0 Å². The molecule has 2 amide bonds. The van der Waals surface area contributed by atoms with E-state index in [4.69, 9.17) is 0 Å². The number of aromatic nitrogens is 2. The Morgan fingerprint density at radius 3 is 2.65 bits per heavy atom. The molecule has 0 aliphatic carbocycles. The standard InChI is InChI=1S/C9H8N4O2S2/c1-5-7(17-13-10-5)9(15)12-11-8(14)6-3-2-4-16-6/h2-4H,1H3,(H,11,14)(H,12,15). The van der Waals surface area contributed by atoms with Crippen LogP contribution < -0.4 is 10.9 Å². The van der Waals surface area contributed by atoms with Crippen LogP contribution >= 0.6 is 22.9 Å². The zero-order valence-electron chi connectivity index (χ0n) is 8.76. The molecule has 2 heterocycles. The molecule has 2 aromatic heterocycles. The highest BCUT2D eigenvalue weighted by Gasteiger charge is 2.14. The lowest BCUT2D eigenvalue weighted by Gasteiger charge is -2.04. The van der Waals surface area contributed by atoms with Gasteiger partial charge in [0.2, 0.25) is 0 Å². The first-order chi connectivity index (χ1) is 8.18. The molecular weight excluding hydrogens is 260 g/mol. The first-order valence-corrected chi connectivity index (χ1v) is 6.27. The lowest BCUT2D eigenvalue weighted by Crippen LogP contribution is -2.41. The van der Waals surface area contributed by atoms with E-state index in [2.05, 4.69) is 20.4 Å². The van der Waals surface area contributed by atoms with Gasteiger partial charge in [-0.1, -0.05) is 10.6 Å². The summed E-state index contributed by atoms with van der Waals surface area (Å²) in [4.78, 5) is 24.0. The minimum atomic E-state index is -0.414. The predicted molar refractivity (Wildman–Crippen MR) is 63.9 cm³/mol. The van der Waals surface area contributed by atoms with E-state index in [0.29, 0.717) is 15.4 Å². The maximum Gasteiger partial charge on any atom is 0.283 e. The number of carbonyl (C=O) groups excluding carboxylic acids is 2. The number of aryl methyl sites for hydroxylation is 1. The number of thiophene rings is 1. The van der Waals surface area contributed by atoms with Gasteiger partial charge in [0.1, 0.15) is 4.88 Å². The monoisotopic (exact) mass is 268 g/mol. The molecule has 6 nitrogen and oxygen atoms in total. The van der Waals surface area contributed by atoms with Gasteiger partial charge in [0.05, 0.1) is 10.6 Å². The average Bonchev–Trinajstić information content (AvgIpc) is 2.95. The maximum absolute atomic E-state index is 11.6. The normalized spacial score (nSPS) is 9.94. The molecule has 0 saturated heterocycles. The van der Waals surface area contributed by atoms with Crippen LogP contribution in [-0.2, 0) is 0 Å². The molecule has 2 aromatic rings. The zero-order valence-corrected chi connectivity index (χ0v) is 10.4. The van der Waals surface area contributed by atoms with E-state index in [1.807, 2.05) is 0 Å². The number of nitrogens with zero attached hydrogens (tertiary/aromatic N) is 2. The first-order valence-electron chi connectivity index (χ1n) is 4.61. The highest BCUT2D eigenvalue weighted by Crippen LogP contribution is 2.09. The fourth-order valence-electron chi connectivity index (χ4n) is 1.08. The molecule has 8 heteroatoms. The van der Waals surface area contributed by atoms with Crippen LogP contribution in [0.15, 0.2) is 17.5 Å². The van der Waals surface area contributed by atoms with Crippen LogP contribution in [0.25, 0.3) is 0 Å². The minimum Gasteiger partial charge on any atom is -0.266 e. The van der Waals surface area contributed by atoms with Crippen LogP contribution in [0.1, 0.15) is 25.0 Å². The first kappa shape index (κ1) is 11.7. The van der Waals surface area contributed by atoms with Gasteiger partial charge in [-0.2, -0.15) is 0 Å². The zero-order chi connectivity index (χ0) is 12.3. The third kappa shape index (κ3) is 2.66. The minimum absolute atomic E-state index is 0.344. The molecule has 0 fully saturated rings. The van der Waals surface area contributed by atoms with Gasteiger partial charge in [0.25, 0.3) is 11.8 Å². The molecule has 0 bridgehead atoms. The highest BCUT2D eigenvalue weighted by molar-refractivity contribution is 7.12. The molecule has 0 radical (unpaired) electrons. The number of nitrogens with one attached hydrogen (secondary N) is 2. The lowest BCUT2D eigenvalue weighted by atomic mass is 10.4. The summed E-state index contributed by atoms with van der Waals surface area (Å²) in [6.45, 7) is 1.68. The molecule has 88 valence electrons. The Bertz CT molecular complexity index is 535. The smallest absolute Gasteiger partial charge is 0.266 e. The molecule has 17 heavy (non-hydrogen) atoms. The second-order valence-corrected chi connectivity index (χ2v) is 4.77. The van der Waals surface area contributed by atoms with Gasteiger partial charge in [0.15, 0.2) is 0 Å². The van der Waals surface area contributed by atoms with E-state index < -0.39 is 5.91 Å². The Kier molecular flexibility index (Phi) is 3.45. The van der Waals surface area contributed by atoms with E-state index in [1.54, 1.807) is 24.4 Å². The van der Waals surface area contributed by atoms with Crippen molar-refractivity contribution in [1.82, 2.24) is 20.4 Å². The molecule has 0 spiro atoms. The Morgan fingerprint density at radius 2 is 2.06 bits per heavy atom. The third-order valence-electron chi connectivity index (χ3n) is 1.89. The summed E-state index contributed by atoms with van der Waals surface area (Å²) in [5.41, 5.74) is 5.18. The Morgan fingerprint density at radius 1 is 1.29 bits per heavy atom. The third-order valence-corrected chi connectivity index (χ3v) is 3.59. The van der Waals surface area contributed by atoms with Crippen LogP contribution in [-0.4, -0.2) is 21.4 Å². The number of hydrazine groups is 1. The van der Waals surface area contributed by atoms with Crippen LogP contribution in [0.5, 0.6) is 0 Å². The number of carbonyl (C=O) groups is 2. The summed E-state index contributed by atoms with van der Waals surface area (Å²) in [7, 11) is 0. The van der Waals surface area contributed by atoms with E-state index in [9.17, 15) is 9.59 Å². The van der Waals surface area contributed by atoms with Crippen LogP contribution in [0.4, 0.5) is 0 Å². The summed E-state index contributed by atoms with van der Waals surface area (Å²) >= 11 is 2.28.